The lowest BCUT2D eigenvalue weighted by atomic mass is 9.97. The fourth-order valence-corrected chi connectivity index (χ4v) is 2.13. The number of aromatic nitrogens is 2. The van der Waals surface area contributed by atoms with E-state index in [9.17, 15) is 5.26 Å². The highest BCUT2D eigenvalue weighted by molar-refractivity contribution is 5.97. The van der Waals surface area contributed by atoms with Crippen LogP contribution >= 0.6 is 0 Å². The minimum Gasteiger partial charge on any atom is -0.383 e. The first-order chi connectivity index (χ1) is 9.31. The van der Waals surface area contributed by atoms with Gasteiger partial charge in [-0.15, -0.1) is 0 Å². The van der Waals surface area contributed by atoms with Crippen molar-refractivity contribution in [3.63, 3.8) is 0 Å². The summed E-state index contributed by atoms with van der Waals surface area (Å²) in [4.78, 5) is 8.38. The van der Waals surface area contributed by atoms with Gasteiger partial charge in [-0.05, 0) is 17.7 Å². The molecule has 0 saturated heterocycles. The molecule has 0 aliphatic carbocycles. The highest BCUT2D eigenvalue weighted by atomic mass is 14.9. The van der Waals surface area contributed by atoms with E-state index in [0.717, 1.165) is 16.5 Å². The molecular formula is C15H10N4. The van der Waals surface area contributed by atoms with Gasteiger partial charge < -0.3 is 5.73 Å². The third-order valence-corrected chi connectivity index (χ3v) is 2.96. The van der Waals surface area contributed by atoms with Crippen LogP contribution in [0.5, 0.6) is 0 Å². The molecular weight excluding hydrogens is 236 g/mol. The maximum atomic E-state index is 9.33. The highest BCUT2D eigenvalue weighted by Crippen LogP contribution is 2.32. The number of hydrogen-bond acceptors (Lipinski definition) is 4. The van der Waals surface area contributed by atoms with E-state index < -0.39 is 0 Å². The van der Waals surface area contributed by atoms with Crippen LogP contribution in [0.25, 0.3) is 22.2 Å². The molecule has 1 aromatic carbocycles. The van der Waals surface area contributed by atoms with Crippen LogP contribution in [0.4, 0.5) is 5.82 Å². The van der Waals surface area contributed by atoms with Crippen LogP contribution < -0.4 is 5.73 Å². The molecule has 0 bridgehead atoms. The Hall–Kier alpha value is -2.93. The van der Waals surface area contributed by atoms with Gasteiger partial charge in [-0.3, -0.25) is 0 Å². The zero-order chi connectivity index (χ0) is 13.2. The number of hydrogen-bond donors (Lipinski definition) is 1. The molecule has 2 N–H and O–H groups in total. The summed E-state index contributed by atoms with van der Waals surface area (Å²) in [5, 5.41) is 10.2. The van der Waals surface area contributed by atoms with E-state index >= 15 is 0 Å². The van der Waals surface area contributed by atoms with Crippen molar-refractivity contribution in [2.75, 3.05) is 5.73 Å². The van der Waals surface area contributed by atoms with Gasteiger partial charge >= 0.3 is 0 Å². The molecule has 4 nitrogen and oxygen atoms in total. The Morgan fingerprint density at radius 3 is 2.58 bits per heavy atom. The average Bonchev–Trinajstić information content (AvgIpc) is 2.46. The lowest BCUT2D eigenvalue weighted by Gasteiger charge is -2.10. The third-order valence-electron chi connectivity index (χ3n) is 2.96. The topological polar surface area (TPSA) is 75.6 Å². The Labute approximate surface area is 110 Å². The molecule has 3 rings (SSSR count). The van der Waals surface area contributed by atoms with Crippen LogP contribution in [0, 0.1) is 11.3 Å². The number of nitriles is 1. The number of fused-ring (bicyclic) bond motifs is 1. The quantitative estimate of drug-likeness (QED) is 0.716. The Bertz CT molecular complexity index is 788. The van der Waals surface area contributed by atoms with E-state index in [1.807, 2.05) is 42.5 Å². The van der Waals surface area contributed by atoms with Gasteiger partial charge in [-0.1, -0.05) is 30.3 Å². The number of rotatable bonds is 1. The molecule has 19 heavy (non-hydrogen) atoms. The number of anilines is 1. The van der Waals surface area contributed by atoms with Crippen molar-refractivity contribution < 1.29 is 0 Å². The maximum absolute atomic E-state index is 9.33. The van der Waals surface area contributed by atoms with Crippen LogP contribution in [0.1, 0.15) is 5.56 Å². The van der Waals surface area contributed by atoms with Gasteiger partial charge in [0.25, 0.3) is 0 Å². The first kappa shape index (κ1) is 11.2. The van der Waals surface area contributed by atoms with Gasteiger partial charge in [-0.2, -0.15) is 5.26 Å². The third kappa shape index (κ3) is 1.78. The Morgan fingerprint density at radius 1 is 1.05 bits per heavy atom. The van der Waals surface area contributed by atoms with E-state index in [0.29, 0.717) is 11.2 Å². The predicted molar refractivity (Wildman–Crippen MR) is 74.1 cm³/mol. The zero-order valence-corrected chi connectivity index (χ0v) is 10.0. The van der Waals surface area contributed by atoms with E-state index in [2.05, 4.69) is 16.0 Å². The number of nitrogen functional groups attached to an aromatic ring is 1. The summed E-state index contributed by atoms with van der Waals surface area (Å²) in [5.41, 5.74) is 8.54. The van der Waals surface area contributed by atoms with Crippen molar-refractivity contribution in [1.82, 2.24) is 9.97 Å². The SMILES string of the molecule is N#Cc1c(N)nc2ncccc2c1-c1ccccc1. The van der Waals surface area contributed by atoms with Crippen molar-refractivity contribution in [3.8, 4) is 17.2 Å². The first-order valence-corrected chi connectivity index (χ1v) is 5.81. The molecule has 2 aromatic heterocycles. The largest absolute Gasteiger partial charge is 0.383 e. The second-order valence-electron chi connectivity index (χ2n) is 4.10. The fraction of sp³-hybridized carbons (Fsp3) is 0. The number of benzene rings is 1. The molecule has 0 saturated carbocycles. The normalized spacial score (nSPS) is 10.3. The van der Waals surface area contributed by atoms with E-state index in [1.165, 1.54) is 0 Å². The summed E-state index contributed by atoms with van der Waals surface area (Å²) in [6.45, 7) is 0. The summed E-state index contributed by atoms with van der Waals surface area (Å²) in [6.07, 6.45) is 1.66. The lowest BCUT2D eigenvalue weighted by Crippen LogP contribution is -2.00. The molecule has 0 atom stereocenters. The number of nitrogens with two attached hydrogens (primary N) is 1. The van der Waals surface area contributed by atoms with Crippen molar-refractivity contribution >= 4 is 16.9 Å². The summed E-state index contributed by atoms with van der Waals surface area (Å²) in [5.74, 6) is 0.215. The average molecular weight is 246 g/mol. The standard InChI is InChI=1S/C15H10N4/c16-9-12-13(10-5-2-1-3-6-10)11-7-4-8-18-15(11)19-14(12)17/h1-8H,(H2,17,18,19). The van der Waals surface area contributed by atoms with Gasteiger partial charge in [0.15, 0.2) is 5.65 Å². The monoisotopic (exact) mass is 246 g/mol. The molecule has 3 aromatic rings. The molecule has 0 aliphatic heterocycles. The van der Waals surface area contributed by atoms with Crippen LogP contribution in [0.3, 0.4) is 0 Å². The van der Waals surface area contributed by atoms with Gasteiger partial charge in [0.05, 0.1) is 0 Å². The lowest BCUT2D eigenvalue weighted by molar-refractivity contribution is 1.28. The van der Waals surface area contributed by atoms with Crippen molar-refractivity contribution in [3.05, 3.63) is 54.2 Å². The van der Waals surface area contributed by atoms with Crippen molar-refractivity contribution in [1.29, 1.82) is 5.26 Å². The minimum absolute atomic E-state index is 0.215. The summed E-state index contributed by atoms with van der Waals surface area (Å²) in [6, 6.07) is 15.5. The molecule has 0 aliphatic rings. The second kappa shape index (κ2) is 4.39. The van der Waals surface area contributed by atoms with E-state index in [1.54, 1.807) is 6.20 Å². The van der Waals surface area contributed by atoms with Crippen LogP contribution in [-0.4, -0.2) is 9.97 Å². The molecule has 0 radical (unpaired) electrons. The highest BCUT2D eigenvalue weighted by Gasteiger charge is 2.14. The van der Waals surface area contributed by atoms with Crippen LogP contribution in [0.2, 0.25) is 0 Å². The minimum atomic E-state index is 0.215. The summed E-state index contributed by atoms with van der Waals surface area (Å²) in [7, 11) is 0. The van der Waals surface area contributed by atoms with Crippen LogP contribution in [0.15, 0.2) is 48.7 Å². The first-order valence-electron chi connectivity index (χ1n) is 5.81. The molecule has 4 heteroatoms. The van der Waals surface area contributed by atoms with Gasteiger partial charge in [0, 0.05) is 17.1 Å². The molecule has 90 valence electrons. The summed E-state index contributed by atoms with van der Waals surface area (Å²) >= 11 is 0. The zero-order valence-electron chi connectivity index (χ0n) is 10.0. The fourth-order valence-electron chi connectivity index (χ4n) is 2.13. The molecule has 0 amide bonds. The maximum Gasteiger partial charge on any atom is 0.162 e. The molecule has 2 heterocycles. The van der Waals surface area contributed by atoms with Gasteiger partial charge in [-0.25, -0.2) is 9.97 Å². The van der Waals surface area contributed by atoms with Crippen molar-refractivity contribution in [2.24, 2.45) is 0 Å². The van der Waals surface area contributed by atoms with Gasteiger partial charge in [0.1, 0.15) is 17.5 Å². The Morgan fingerprint density at radius 2 is 1.84 bits per heavy atom. The molecule has 0 spiro atoms. The smallest absolute Gasteiger partial charge is 0.162 e. The molecule has 0 fully saturated rings. The second-order valence-corrected chi connectivity index (χ2v) is 4.10. The summed E-state index contributed by atoms with van der Waals surface area (Å²) < 4.78 is 0. The van der Waals surface area contributed by atoms with Crippen LogP contribution in [-0.2, 0) is 0 Å². The number of nitrogens with zero attached hydrogens (tertiary/aromatic N) is 3. The Balaban J connectivity index is 2.48. The van der Waals surface area contributed by atoms with E-state index in [4.69, 9.17) is 5.73 Å². The van der Waals surface area contributed by atoms with Crippen molar-refractivity contribution in [2.45, 2.75) is 0 Å². The van der Waals surface area contributed by atoms with E-state index in [-0.39, 0.29) is 5.82 Å². The number of pyridine rings is 2. The predicted octanol–water partition coefficient (Wildman–Crippen LogP) is 2.75. The Kier molecular flexibility index (Phi) is 2.58. The molecule has 0 unspecified atom stereocenters. The van der Waals surface area contributed by atoms with Gasteiger partial charge in [0.2, 0.25) is 0 Å².